The first-order valence-electron chi connectivity index (χ1n) is 7.40. The highest BCUT2D eigenvalue weighted by molar-refractivity contribution is 6.29. The smallest absolute Gasteiger partial charge is 0.410 e. The second-order valence-corrected chi connectivity index (χ2v) is 6.72. The van der Waals surface area contributed by atoms with Gasteiger partial charge < -0.3 is 14.4 Å². The van der Waals surface area contributed by atoms with Crippen LogP contribution in [-0.2, 0) is 16.1 Å². The second-order valence-electron chi connectivity index (χ2n) is 6.33. The summed E-state index contributed by atoms with van der Waals surface area (Å²) in [5.41, 5.74) is 0.232. The average Bonchev–Trinajstić information content (AvgIpc) is 2.88. The summed E-state index contributed by atoms with van der Waals surface area (Å²) in [4.78, 5) is 13.9. The van der Waals surface area contributed by atoms with E-state index in [4.69, 9.17) is 21.1 Å². The van der Waals surface area contributed by atoms with Gasteiger partial charge in [0.2, 0.25) is 0 Å². The minimum atomic E-state index is -0.482. The van der Waals surface area contributed by atoms with Gasteiger partial charge in [0.25, 0.3) is 0 Å². The molecule has 1 fully saturated rings. The van der Waals surface area contributed by atoms with Gasteiger partial charge in [0, 0.05) is 6.54 Å². The number of hydrogen-bond donors (Lipinski definition) is 0. The monoisotopic (exact) mass is 327 g/mol. The minimum Gasteiger partial charge on any atom is -0.444 e. The molecule has 0 saturated carbocycles. The normalized spacial score (nSPS) is 18.5. The molecule has 1 atom stereocenters. The fourth-order valence-corrected chi connectivity index (χ4v) is 2.39. The summed E-state index contributed by atoms with van der Waals surface area (Å²) in [6.07, 6.45) is 1.62. The number of nitrogens with zero attached hydrogens (tertiary/aromatic N) is 3. The summed E-state index contributed by atoms with van der Waals surface area (Å²) < 4.78 is 11.1. The average molecular weight is 328 g/mol. The van der Waals surface area contributed by atoms with Crippen molar-refractivity contribution in [3.05, 3.63) is 23.0 Å². The number of likely N-dealkylation sites (tertiary alicyclic amines) is 1. The molecule has 0 aromatic carbocycles. The van der Waals surface area contributed by atoms with Crippen molar-refractivity contribution in [2.45, 2.75) is 51.9 Å². The highest BCUT2D eigenvalue weighted by Gasteiger charge is 2.32. The lowest BCUT2D eigenvalue weighted by Crippen LogP contribution is -2.41. The maximum Gasteiger partial charge on any atom is 0.410 e. The van der Waals surface area contributed by atoms with E-state index in [0.717, 1.165) is 12.8 Å². The number of rotatable bonds is 4. The van der Waals surface area contributed by atoms with Crippen molar-refractivity contribution in [3.8, 4) is 0 Å². The van der Waals surface area contributed by atoms with Gasteiger partial charge in [0.15, 0.2) is 5.15 Å². The highest BCUT2D eigenvalue weighted by atomic mass is 35.5. The van der Waals surface area contributed by atoms with Gasteiger partial charge in [-0.15, -0.1) is 5.10 Å². The fraction of sp³-hybridized carbons (Fsp3) is 0.667. The van der Waals surface area contributed by atoms with E-state index in [1.807, 2.05) is 20.8 Å². The molecule has 0 bridgehead atoms. The largest absolute Gasteiger partial charge is 0.444 e. The molecule has 122 valence electrons. The third-order valence-electron chi connectivity index (χ3n) is 3.25. The molecule has 6 nitrogen and oxygen atoms in total. The molecule has 1 amide bonds. The van der Waals surface area contributed by atoms with E-state index < -0.39 is 5.60 Å². The first kappa shape index (κ1) is 17.0. The van der Waals surface area contributed by atoms with Crippen LogP contribution in [0.5, 0.6) is 0 Å². The Morgan fingerprint density at radius 1 is 1.41 bits per heavy atom. The molecule has 1 aliphatic rings. The van der Waals surface area contributed by atoms with E-state index in [2.05, 4.69) is 10.2 Å². The molecular formula is C15H22ClN3O3. The van der Waals surface area contributed by atoms with Gasteiger partial charge >= 0.3 is 6.09 Å². The van der Waals surface area contributed by atoms with Crippen molar-refractivity contribution in [2.75, 3.05) is 13.2 Å². The molecule has 1 aliphatic heterocycles. The molecule has 0 unspecified atom stereocenters. The van der Waals surface area contributed by atoms with Crippen molar-refractivity contribution in [1.29, 1.82) is 0 Å². The van der Waals surface area contributed by atoms with Crippen LogP contribution in [0.1, 0.15) is 39.3 Å². The van der Waals surface area contributed by atoms with Crippen LogP contribution in [0.15, 0.2) is 12.1 Å². The van der Waals surface area contributed by atoms with Crippen molar-refractivity contribution >= 4 is 17.7 Å². The lowest BCUT2D eigenvalue weighted by atomic mass is 10.2. The molecule has 2 heterocycles. The predicted octanol–water partition coefficient (Wildman–Crippen LogP) is 3.05. The molecular weight excluding hydrogens is 306 g/mol. The summed E-state index contributed by atoms with van der Waals surface area (Å²) in [5.74, 6) is 0. The summed E-state index contributed by atoms with van der Waals surface area (Å²) in [7, 11) is 0. The zero-order valence-corrected chi connectivity index (χ0v) is 14.0. The summed E-state index contributed by atoms with van der Waals surface area (Å²) in [5, 5.41) is 8.05. The van der Waals surface area contributed by atoms with E-state index in [1.54, 1.807) is 17.0 Å². The number of amides is 1. The Bertz CT molecular complexity index is 502. The van der Waals surface area contributed by atoms with Crippen molar-refractivity contribution in [2.24, 2.45) is 0 Å². The Kier molecular flexibility index (Phi) is 5.58. The first-order chi connectivity index (χ1) is 10.3. The maximum atomic E-state index is 12.2. The third-order valence-corrected chi connectivity index (χ3v) is 3.45. The Balaban J connectivity index is 1.81. The standard InChI is InChI=1S/C15H22ClN3O3/c1-15(2,3)22-14(20)19-8-4-5-12(19)10-21-9-11-6-7-13(16)18-17-11/h6-7,12H,4-5,8-10H2,1-3H3/t12-/m0/s1. The molecule has 1 saturated heterocycles. The van der Waals surface area contributed by atoms with E-state index in [9.17, 15) is 4.79 Å². The van der Waals surface area contributed by atoms with Crippen LogP contribution in [0.4, 0.5) is 4.79 Å². The van der Waals surface area contributed by atoms with E-state index >= 15 is 0 Å². The summed E-state index contributed by atoms with van der Waals surface area (Å²) >= 11 is 5.68. The van der Waals surface area contributed by atoms with Gasteiger partial charge in [0.05, 0.1) is 24.9 Å². The van der Waals surface area contributed by atoms with Crippen LogP contribution >= 0.6 is 11.6 Å². The minimum absolute atomic E-state index is 0.0510. The number of hydrogen-bond acceptors (Lipinski definition) is 5. The SMILES string of the molecule is CC(C)(C)OC(=O)N1CCC[C@H]1COCc1ccc(Cl)nn1. The van der Waals surface area contributed by atoms with Crippen molar-refractivity contribution in [3.63, 3.8) is 0 Å². The van der Waals surface area contributed by atoms with E-state index in [0.29, 0.717) is 30.6 Å². The number of aromatic nitrogens is 2. The summed E-state index contributed by atoms with van der Waals surface area (Å²) in [6.45, 7) is 7.12. The van der Waals surface area contributed by atoms with Crippen LogP contribution in [0.25, 0.3) is 0 Å². The molecule has 2 rings (SSSR count). The molecule has 0 N–H and O–H groups in total. The summed E-state index contributed by atoms with van der Waals surface area (Å²) in [6, 6.07) is 3.50. The Labute approximate surface area is 135 Å². The van der Waals surface area contributed by atoms with Crippen molar-refractivity contribution < 1.29 is 14.3 Å². The van der Waals surface area contributed by atoms with Crippen molar-refractivity contribution in [1.82, 2.24) is 15.1 Å². The van der Waals surface area contributed by atoms with Gasteiger partial charge in [-0.25, -0.2) is 4.79 Å². The number of carbonyl (C=O) groups is 1. The first-order valence-corrected chi connectivity index (χ1v) is 7.78. The fourth-order valence-electron chi connectivity index (χ4n) is 2.29. The Hall–Kier alpha value is -1.40. The lowest BCUT2D eigenvalue weighted by Gasteiger charge is -2.28. The maximum absolute atomic E-state index is 12.2. The third kappa shape index (κ3) is 5.10. The highest BCUT2D eigenvalue weighted by Crippen LogP contribution is 2.21. The van der Waals surface area contributed by atoms with Gasteiger partial charge in [-0.05, 0) is 45.7 Å². The van der Waals surface area contributed by atoms with Gasteiger partial charge in [-0.1, -0.05) is 11.6 Å². The quantitative estimate of drug-likeness (QED) is 0.850. The molecule has 0 spiro atoms. The van der Waals surface area contributed by atoms with Gasteiger partial charge in [0.1, 0.15) is 5.60 Å². The molecule has 0 aliphatic carbocycles. The molecule has 0 radical (unpaired) electrons. The predicted molar refractivity (Wildman–Crippen MR) is 82.7 cm³/mol. The zero-order chi connectivity index (χ0) is 16.2. The van der Waals surface area contributed by atoms with Gasteiger partial charge in [-0.3, -0.25) is 0 Å². The van der Waals surface area contributed by atoms with Crippen LogP contribution < -0.4 is 0 Å². The van der Waals surface area contributed by atoms with E-state index in [-0.39, 0.29) is 12.1 Å². The molecule has 1 aromatic heterocycles. The van der Waals surface area contributed by atoms with E-state index in [1.165, 1.54) is 0 Å². The Morgan fingerprint density at radius 2 is 2.18 bits per heavy atom. The van der Waals surface area contributed by atoms with Crippen LogP contribution in [0.3, 0.4) is 0 Å². The van der Waals surface area contributed by atoms with Gasteiger partial charge in [-0.2, -0.15) is 5.10 Å². The Morgan fingerprint density at radius 3 is 2.82 bits per heavy atom. The topological polar surface area (TPSA) is 64.5 Å². The zero-order valence-electron chi connectivity index (χ0n) is 13.2. The molecule has 1 aromatic rings. The lowest BCUT2D eigenvalue weighted by molar-refractivity contribution is 0.00850. The molecule has 22 heavy (non-hydrogen) atoms. The number of carbonyl (C=O) groups excluding carboxylic acids is 1. The number of halogens is 1. The number of ether oxygens (including phenoxy) is 2. The second kappa shape index (κ2) is 7.24. The van der Waals surface area contributed by atoms with Crippen LogP contribution in [-0.4, -0.2) is 46.0 Å². The van der Waals surface area contributed by atoms with Crippen LogP contribution in [0.2, 0.25) is 5.15 Å². The van der Waals surface area contributed by atoms with Crippen LogP contribution in [0, 0.1) is 0 Å². The molecule has 7 heteroatoms.